The molecular formula is C21H27N5O2. The molecule has 0 aliphatic carbocycles. The van der Waals surface area contributed by atoms with Gasteiger partial charge in [-0.3, -0.25) is 14.6 Å². The Kier molecular flexibility index (Phi) is 5.26. The van der Waals surface area contributed by atoms with Crippen LogP contribution in [0.4, 0.5) is 0 Å². The number of piperidine rings is 1. The van der Waals surface area contributed by atoms with E-state index in [1.165, 1.54) is 12.4 Å². The lowest BCUT2D eigenvalue weighted by Crippen LogP contribution is -2.52. The summed E-state index contributed by atoms with van der Waals surface area (Å²) in [5, 5.41) is 2.98. The number of pyridine rings is 1. The molecule has 7 heteroatoms. The predicted molar refractivity (Wildman–Crippen MR) is 106 cm³/mol. The van der Waals surface area contributed by atoms with E-state index in [2.05, 4.69) is 40.1 Å². The first-order chi connectivity index (χ1) is 13.5. The molecule has 4 rings (SSSR count). The standard InChI is InChI=1S/C21H27N5O2/c1-14(2)11-25-12-15-8-16(13-25)19(26-18(15)4-3-5-20(26)27)10-24-21(28)17-9-22-6-7-23-17/h3-7,9,14-16,19H,8,10-13H2,1-2H3,(H,24,28)/t15-,16+,19+/m1/s1. The van der Waals surface area contributed by atoms with Gasteiger partial charge in [0.05, 0.1) is 12.2 Å². The predicted octanol–water partition coefficient (Wildman–Crippen LogP) is 1.68. The van der Waals surface area contributed by atoms with Crippen LogP contribution in [0.5, 0.6) is 0 Å². The molecule has 2 aromatic rings. The summed E-state index contributed by atoms with van der Waals surface area (Å²) in [4.78, 5) is 35.7. The van der Waals surface area contributed by atoms with Gasteiger partial charge in [0.15, 0.2) is 0 Å². The molecule has 7 nitrogen and oxygen atoms in total. The second kappa shape index (κ2) is 7.83. The molecule has 2 aromatic heterocycles. The number of nitrogens with one attached hydrogen (secondary N) is 1. The van der Waals surface area contributed by atoms with Gasteiger partial charge in [-0.15, -0.1) is 0 Å². The van der Waals surface area contributed by atoms with E-state index in [4.69, 9.17) is 0 Å². The van der Waals surface area contributed by atoms with Crippen molar-refractivity contribution in [2.24, 2.45) is 11.8 Å². The van der Waals surface area contributed by atoms with Crippen LogP contribution < -0.4 is 10.9 Å². The second-order valence-electron chi connectivity index (χ2n) is 8.33. The minimum absolute atomic E-state index is 0.0169. The molecular weight excluding hydrogens is 354 g/mol. The highest BCUT2D eigenvalue weighted by molar-refractivity contribution is 5.91. The molecule has 3 atom stereocenters. The van der Waals surface area contributed by atoms with Crippen molar-refractivity contribution in [2.75, 3.05) is 26.2 Å². The van der Waals surface area contributed by atoms with Crippen LogP contribution in [0, 0.1) is 11.8 Å². The topological polar surface area (TPSA) is 80.1 Å². The van der Waals surface area contributed by atoms with Crippen LogP contribution in [0.15, 0.2) is 41.6 Å². The van der Waals surface area contributed by atoms with Crippen molar-refractivity contribution in [3.63, 3.8) is 0 Å². The third-order valence-electron chi connectivity index (χ3n) is 5.76. The van der Waals surface area contributed by atoms with E-state index in [1.807, 2.05) is 10.6 Å². The fraction of sp³-hybridized carbons (Fsp3) is 0.524. The number of amides is 1. The highest BCUT2D eigenvalue weighted by Gasteiger charge is 2.40. The van der Waals surface area contributed by atoms with Gasteiger partial charge in [-0.1, -0.05) is 19.9 Å². The maximum absolute atomic E-state index is 12.7. The molecule has 1 amide bonds. The van der Waals surface area contributed by atoms with Gasteiger partial charge in [0, 0.05) is 56.3 Å². The Balaban J connectivity index is 1.59. The molecule has 1 fully saturated rings. The maximum Gasteiger partial charge on any atom is 0.271 e. The minimum atomic E-state index is -0.254. The van der Waals surface area contributed by atoms with E-state index in [0.717, 1.165) is 31.7 Å². The van der Waals surface area contributed by atoms with Crippen molar-refractivity contribution in [3.05, 3.63) is 58.5 Å². The number of carbonyl (C=O) groups is 1. The Morgan fingerprint density at radius 3 is 2.89 bits per heavy atom. The molecule has 0 unspecified atom stereocenters. The summed E-state index contributed by atoms with van der Waals surface area (Å²) in [5.41, 5.74) is 1.40. The summed E-state index contributed by atoms with van der Waals surface area (Å²) >= 11 is 0. The summed E-state index contributed by atoms with van der Waals surface area (Å²) in [6, 6.07) is 5.49. The lowest BCUT2D eigenvalue weighted by molar-refractivity contribution is 0.0768. The second-order valence-corrected chi connectivity index (χ2v) is 8.33. The van der Waals surface area contributed by atoms with Crippen molar-refractivity contribution in [2.45, 2.75) is 32.2 Å². The average molecular weight is 381 g/mol. The van der Waals surface area contributed by atoms with Crippen LogP contribution in [0.2, 0.25) is 0 Å². The maximum atomic E-state index is 12.7. The summed E-state index contributed by atoms with van der Waals surface area (Å²) in [7, 11) is 0. The van der Waals surface area contributed by atoms with Crippen LogP contribution in [-0.4, -0.2) is 51.5 Å². The molecule has 0 aromatic carbocycles. The van der Waals surface area contributed by atoms with Crippen molar-refractivity contribution in [3.8, 4) is 0 Å². The molecule has 0 spiro atoms. The number of fused-ring (bicyclic) bond motifs is 4. The zero-order valence-corrected chi connectivity index (χ0v) is 16.4. The molecule has 1 N–H and O–H groups in total. The van der Waals surface area contributed by atoms with E-state index in [0.29, 0.717) is 30.0 Å². The molecule has 148 valence electrons. The monoisotopic (exact) mass is 381 g/mol. The van der Waals surface area contributed by atoms with Gasteiger partial charge in [-0.2, -0.15) is 0 Å². The molecule has 2 bridgehead atoms. The van der Waals surface area contributed by atoms with Crippen LogP contribution in [-0.2, 0) is 0 Å². The highest BCUT2D eigenvalue weighted by atomic mass is 16.2. The van der Waals surface area contributed by atoms with Crippen LogP contribution in [0.1, 0.15) is 48.4 Å². The Hall–Kier alpha value is -2.54. The number of nitrogens with zero attached hydrogens (tertiary/aromatic N) is 4. The number of aromatic nitrogens is 3. The zero-order valence-electron chi connectivity index (χ0n) is 16.4. The molecule has 1 saturated heterocycles. The Morgan fingerprint density at radius 1 is 1.29 bits per heavy atom. The first kappa shape index (κ1) is 18.8. The number of hydrogen-bond acceptors (Lipinski definition) is 5. The SMILES string of the molecule is CC(C)CN1C[C@H]2C[C@@H](C1)[C@H](CNC(=O)c1cnccn1)n1c2cccc1=O. The number of rotatable bonds is 5. The van der Waals surface area contributed by atoms with E-state index in [1.54, 1.807) is 12.3 Å². The minimum Gasteiger partial charge on any atom is -0.349 e. The lowest BCUT2D eigenvalue weighted by atomic mass is 9.78. The Bertz CT molecular complexity index is 895. The summed E-state index contributed by atoms with van der Waals surface area (Å²) in [6.45, 7) is 7.91. The average Bonchev–Trinajstić information content (AvgIpc) is 2.68. The van der Waals surface area contributed by atoms with Crippen molar-refractivity contribution in [1.82, 2.24) is 24.8 Å². The van der Waals surface area contributed by atoms with E-state index < -0.39 is 0 Å². The van der Waals surface area contributed by atoms with Crippen molar-refractivity contribution >= 4 is 5.91 Å². The zero-order chi connectivity index (χ0) is 19.7. The first-order valence-corrected chi connectivity index (χ1v) is 10.0. The van der Waals surface area contributed by atoms with E-state index in [-0.39, 0.29) is 17.5 Å². The lowest BCUT2D eigenvalue weighted by Gasteiger charge is -2.47. The third kappa shape index (κ3) is 3.71. The van der Waals surface area contributed by atoms with Crippen molar-refractivity contribution in [1.29, 1.82) is 0 Å². The molecule has 2 aliphatic heterocycles. The molecule has 28 heavy (non-hydrogen) atoms. The third-order valence-corrected chi connectivity index (χ3v) is 5.76. The first-order valence-electron chi connectivity index (χ1n) is 10.0. The van der Waals surface area contributed by atoms with Crippen LogP contribution >= 0.6 is 0 Å². The van der Waals surface area contributed by atoms with E-state index in [9.17, 15) is 9.59 Å². The van der Waals surface area contributed by atoms with Gasteiger partial charge >= 0.3 is 0 Å². The Labute approximate surface area is 164 Å². The normalized spacial score (nSPS) is 24.0. The van der Waals surface area contributed by atoms with Gasteiger partial charge in [-0.05, 0) is 24.3 Å². The van der Waals surface area contributed by atoms with Gasteiger partial charge in [-0.25, -0.2) is 4.98 Å². The molecule has 2 aliphatic rings. The largest absolute Gasteiger partial charge is 0.349 e. The fourth-order valence-electron chi connectivity index (χ4n) is 4.77. The number of hydrogen-bond donors (Lipinski definition) is 1. The van der Waals surface area contributed by atoms with Crippen LogP contribution in [0.25, 0.3) is 0 Å². The van der Waals surface area contributed by atoms with Gasteiger partial charge in [0.1, 0.15) is 5.69 Å². The number of likely N-dealkylation sites (tertiary alicyclic amines) is 1. The van der Waals surface area contributed by atoms with Crippen molar-refractivity contribution < 1.29 is 4.79 Å². The smallest absolute Gasteiger partial charge is 0.271 e. The number of carbonyl (C=O) groups excluding carboxylic acids is 1. The summed E-state index contributed by atoms with van der Waals surface area (Å²) in [5.74, 6) is 1.06. The highest BCUT2D eigenvalue weighted by Crippen LogP contribution is 2.40. The molecule has 0 saturated carbocycles. The Morgan fingerprint density at radius 2 is 2.14 bits per heavy atom. The summed E-state index contributed by atoms with van der Waals surface area (Å²) < 4.78 is 1.92. The summed E-state index contributed by atoms with van der Waals surface area (Å²) in [6.07, 6.45) is 5.56. The van der Waals surface area contributed by atoms with Gasteiger partial charge in [0.2, 0.25) is 0 Å². The fourth-order valence-corrected chi connectivity index (χ4v) is 4.77. The van der Waals surface area contributed by atoms with Gasteiger partial charge < -0.3 is 14.8 Å². The molecule has 0 radical (unpaired) electrons. The van der Waals surface area contributed by atoms with Gasteiger partial charge in [0.25, 0.3) is 11.5 Å². The van der Waals surface area contributed by atoms with E-state index >= 15 is 0 Å². The molecule has 4 heterocycles. The quantitative estimate of drug-likeness (QED) is 0.852. The van der Waals surface area contributed by atoms with Crippen LogP contribution in [0.3, 0.4) is 0 Å².